The van der Waals surface area contributed by atoms with Crippen molar-refractivity contribution in [3.05, 3.63) is 30.5 Å². The fourth-order valence-corrected chi connectivity index (χ4v) is 1.37. The summed E-state index contributed by atoms with van der Waals surface area (Å²) in [6.07, 6.45) is 1.94. The number of para-hydroxylation sites is 1. The standard InChI is InChI=1S/C9H8BN/c1-11-6-8(10)7-4-2-3-5-9(7)11/h2-6H,1H3. The zero-order chi connectivity index (χ0) is 7.84. The van der Waals surface area contributed by atoms with Crippen LogP contribution in [0.1, 0.15) is 0 Å². The van der Waals surface area contributed by atoms with E-state index in [1.165, 1.54) is 5.52 Å². The second-order valence-corrected chi connectivity index (χ2v) is 2.71. The van der Waals surface area contributed by atoms with Gasteiger partial charge in [-0.1, -0.05) is 23.7 Å². The Balaban J connectivity index is 2.95. The molecule has 2 radical (unpaired) electrons. The number of hydrogen-bond donors (Lipinski definition) is 0. The Hall–Kier alpha value is -1.18. The second-order valence-electron chi connectivity index (χ2n) is 2.71. The molecule has 0 saturated heterocycles. The van der Waals surface area contributed by atoms with E-state index in [0.717, 1.165) is 10.8 Å². The van der Waals surface area contributed by atoms with Crippen LogP contribution in [-0.2, 0) is 7.05 Å². The maximum atomic E-state index is 5.76. The zero-order valence-corrected chi connectivity index (χ0v) is 6.41. The fourth-order valence-electron chi connectivity index (χ4n) is 1.37. The van der Waals surface area contributed by atoms with Crippen molar-refractivity contribution in [1.29, 1.82) is 0 Å². The number of rotatable bonds is 0. The summed E-state index contributed by atoms with van der Waals surface area (Å²) in [5.74, 6) is 0. The van der Waals surface area contributed by atoms with Crippen LogP contribution in [0.5, 0.6) is 0 Å². The molecular formula is C9H8BN. The summed E-state index contributed by atoms with van der Waals surface area (Å²) in [5.41, 5.74) is 2.04. The molecule has 11 heavy (non-hydrogen) atoms. The predicted octanol–water partition coefficient (Wildman–Crippen LogP) is 0.972. The van der Waals surface area contributed by atoms with E-state index in [4.69, 9.17) is 7.85 Å². The van der Waals surface area contributed by atoms with Crippen molar-refractivity contribution in [3.63, 3.8) is 0 Å². The van der Waals surface area contributed by atoms with Crippen LogP contribution in [0, 0.1) is 0 Å². The minimum atomic E-state index is 0.850. The molecular weight excluding hydrogens is 133 g/mol. The average molecular weight is 141 g/mol. The summed E-state index contributed by atoms with van der Waals surface area (Å²) in [6, 6.07) is 8.11. The van der Waals surface area contributed by atoms with Gasteiger partial charge in [0.1, 0.15) is 7.85 Å². The van der Waals surface area contributed by atoms with Gasteiger partial charge in [0.15, 0.2) is 0 Å². The number of aryl methyl sites for hydroxylation is 1. The highest BCUT2D eigenvalue weighted by atomic mass is 14.9. The molecule has 0 unspecified atom stereocenters. The molecule has 2 heteroatoms. The third kappa shape index (κ3) is 0.863. The molecule has 0 bridgehead atoms. The normalized spacial score (nSPS) is 10.6. The van der Waals surface area contributed by atoms with Crippen LogP contribution < -0.4 is 5.46 Å². The lowest BCUT2D eigenvalue weighted by Gasteiger charge is -1.92. The van der Waals surface area contributed by atoms with Crippen LogP contribution in [0.25, 0.3) is 10.9 Å². The van der Waals surface area contributed by atoms with Crippen LogP contribution in [0.3, 0.4) is 0 Å². The molecule has 0 aliphatic rings. The highest BCUT2D eigenvalue weighted by Crippen LogP contribution is 2.10. The van der Waals surface area contributed by atoms with E-state index < -0.39 is 0 Å². The van der Waals surface area contributed by atoms with E-state index >= 15 is 0 Å². The van der Waals surface area contributed by atoms with E-state index in [1.807, 2.05) is 36.0 Å². The van der Waals surface area contributed by atoms with Crippen LogP contribution in [0.2, 0.25) is 0 Å². The molecule has 0 aliphatic carbocycles. The van der Waals surface area contributed by atoms with Gasteiger partial charge in [0.2, 0.25) is 0 Å². The lowest BCUT2D eigenvalue weighted by atomic mass is 9.96. The molecule has 0 N–H and O–H groups in total. The fraction of sp³-hybridized carbons (Fsp3) is 0.111. The van der Waals surface area contributed by atoms with E-state index in [1.54, 1.807) is 0 Å². The van der Waals surface area contributed by atoms with Gasteiger partial charge in [-0.15, -0.1) is 0 Å². The van der Waals surface area contributed by atoms with Gasteiger partial charge >= 0.3 is 0 Å². The smallest absolute Gasteiger partial charge is 0.116 e. The molecule has 1 aromatic heterocycles. The predicted molar refractivity (Wildman–Crippen MR) is 48.3 cm³/mol. The van der Waals surface area contributed by atoms with E-state index in [0.29, 0.717) is 0 Å². The van der Waals surface area contributed by atoms with Crippen LogP contribution in [0.15, 0.2) is 30.5 Å². The number of nitrogens with zero attached hydrogens (tertiary/aromatic N) is 1. The maximum Gasteiger partial charge on any atom is 0.116 e. The number of fused-ring (bicyclic) bond motifs is 1. The van der Waals surface area contributed by atoms with Crippen LogP contribution in [0.4, 0.5) is 0 Å². The highest BCUT2D eigenvalue weighted by molar-refractivity contribution is 6.38. The van der Waals surface area contributed by atoms with E-state index in [9.17, 15) is 0 Å². The topological polar surface area (TPSA) is 4.93 Å². The third-order valence-electron chi connectivity index (χ3n) is 1.93. The molecule has 2 rings (SSSR count). The number of benzene rings is 1. The summed E-state index contributed by atoms with van der Waals surface area (Å²) >= 11 is 0. The van der Waals surface area contributed by atoms with Gasteiger partial charge in [-0.05, 0) is 17.6 Å². The third-order valence-corrected chi connectivity index (χ3v) is 1.93. The summed E-state index contributed by atoms with van der Waals surface area (Å²) in [4.78, 5) is 0. The Kier molecular flexibility index (Phi) is 1.28. The first kappa shape index (κ1) is 6.53. The summed E-state index contributed by atoms with van der Waals surface area (Å²) in [5, 5.41) is 1.13. The Bertz CT molecular complexity index is 353. The Morgan fingerprint density at radius 1 is 1.27 bits per heavy atom. The Morgan fingerprint density at radius 3 is 2.73 bits per heavy atom. The van der Waals surface area contributed by atoms with E-state index in [-0.39, 0.29) is 0 Å². The summed E-state index contributed by atoms with van der Waals surface area (Å²) < 4.78 is 2.03. The Morgan fingerprint density at radius 2 is 2.00 bits per heavy atom. The van der Waals surface area contributed by atoms with Crippen molar-refractivity contribution in [2.45, 2.75) is 0 Å². The van der Waals surface area contributed by atoms with Gasteiger partial charge in [-0.25, -0.2) is 0 Å². The van der Waals surface area contributed by atoms with Gasteiger partial charge in [0.25, 0.3) is 0 Å². The minimum absolute atomic E-state index is 0.850. The molecule has 52 valence electrons. The minimum Gasteiger partial charge on any atom is -0.351 e. The molecule has 0 fully saturated rings. The van der Waals surface area contributed by atoms with Crippen molar-refractivity contribution in [1.82, 2.24) is 4.57 Å². The first-order valence-electron chi connectivity index (χ1n) is 3.58. The monoisotopic (exact) mass is 141 g/mol. The summed E-state index contributed by atoms with van der Waals surface area (Å²) in [7, 11) is 7.75. The van der Waals surface area contributed by atoms with Gasteiger partial charge in [0.05, 0.1) is 0 Å². The van der Waals surface area contributed by atoms with Crippen molar-refractivity contribution in [2.24, 2.45) is 7.05 Å². The average Bonchev–Trinajstić information content (AvgIpc) is 2.30. The molecule has 2 aromatic rings. The molecule has 1 aromatic carbocycles. The van der Waals surface area contributed by atoms with Crippen molar-refractivity contribution >= 4 is 24.2 Å². The molecule has 0 atom stereocenters. The first-order valence-corrected chi connectivity index (χ1v) is 3.58. The van der Waals surface area contributed by atoms with Crippen LogP contribution in [-0.4, -0.2) is 12.4 Å². The highest BCUT2D eigenvalue weighted by Gasteiger charge is 1.98. The maximum absolute atomic E-state index is 5.76. The van der Waals surface area contributed by atoms with Crippen molar-refractivity contribution < 1.29 is 0 Å². The molecule has 1 heterocycles. The quantitative estimate of drug-likeness (QED) is 0.481. The van der Waals surface area contributed by atoms with Crippen molar-refractivity contribution in [2.75, 3.05) is 0 Å². The lowest BCUT2D eigenvalue weighted by Crippen LogP contribution is -1.97. The first-order chi connectivity index (χ1) is 5.29. The van der Waals surface area contributed by atoms with Crippen molar-refractivity contribution in [3.8, 4) is 0 Å². The summed E-state index contributed by atoms with van der Waals surface area (Å²) in [6.45, 7) is 0. The van der Waals surface area contributed by atoms with Crippen LogP contribution >= 0.6 is 0 Å². The largest absolute Gasteiger partial charge is 0.351 e. The van der Waals surface area contributed by atoms with Gasteiger partial charge in [-0.3, -0.25) is 0 Å². The van der Waals surface area contributed by atoms with Gasteiger partial charge in [0, 0.05) is 12.6 Å². The molecule has 1 nitrogen and oxygen atoms in total. The van der Waals surface area contributed by atoms with Gasteiger partial charge in [-0.2, -0.15) is 0 Å². The number of aromatic nitrogens is 1. The molecule has 0 saturated carbocycles. The molecule has 0 spiro atoms. The second kappa shape index (κ2) is 2.16. The SMILES string of the molecule is [B]c1cn(C)c2ccccc12. The molecule has 0 amide bonds. The number of hydrogen-bond acceptors (Lipinski definition) is 0. The van der Waals surface area contributed by atoms with E-state index in [2.05, 4.69) is 6.07 Å². The molecule has 0 aliphatic heterocycles. The van der Waals surface area contributed by atoms with Gasteiger partial charge < -0.3 is 4.57 Å². The zero-order valence-electron chi connectivity index (χ0n) is 6.41. The lowest BCUT2D eigenvalue weighted by molar-refractivity contribution is 0.972. The Labute approximate surface area is 67.0 Å².